The molecule has 1 N–H and O–H groups in total. The van der Waals surface area contributed by atoms with Crippen LogP contribution in [0.25, 0.3) is 11.8 Å². The van der Waals surface area contributed by atoms with E-state index in [0.29, 0.717) is 47.7 Å². The molecule has 3 aromatic carbocycles. The number of ether oxygens (including phenoxy) is 4. The third-order valence-corrected chi connectivity index (χ3v) is 8.10. The van der Waals surface area contributed by atoms with Gasteiger partial charge in [-0.2, -0.15) is 0 Å². The molecule has 41 heavy (non-hydrogen) atoms. The summed E-state index contributed by atoms with van der Waals surface area (Å²) in [5.41, 5.74) is 1.96. The fraction of sp³-hybridized carbons (Fsp3) is 0.167. The highest BCUT2D eigenvalue weighted by Crippen LogP contribution is 2.40. The number of aromatic nitrogens is 1. The quantitative estimate of drug-likeness (QED) is 0.318. The summed E-state index contributed by atoms with van der Waals surface area (Å²) in [6.45, 7) is 1.95. The molecule has 0 fully saturated rings. The number of carbonyl (C=O) groups excluding carboxylic acids is 1. The maximum atomic E-state index is 14.1. The van der Waals surface area contributed by atoms with E-state index in [4.69, 9.17) is 23.9 Å². The average molecular weight is 635 g/mol. The minimum atomic E-state index is -0.872. The molecule has 2 aliphatic rings. The van der Waals surface area contributed by atoms with Crippen molar-refractivity contribution in [2.75, 3.05) is 20.5 Å². The van der Waals surface area contributed by atoms with Gasteiger partial charge in [0.2, 0.25) is 6.79 Å². The molecule has 0 aliphatic carbocycles. The van der Waals surface area contributed by atoms with Crippen molar-refractivity contribution in [3.05, 3.63) is 107 Å². The zero-order chi connectivity index (χ0) is 28.7. The molecule has 4 aromatic rings. The van der Waals surface area contributed by atoms with Crippen LogP contribution in [-0.2, 0) is 9.53 Å². The van der Waals surface area contributed by atoms with Gasteiger partial charge in [0.15, 0.2) is 27.8 Å². The smallest absolute Gasteiger partial charge is 0.338 e. The number of hydrogen-bond acceptors (Lipinski definition) is 9. The molecule has 0 spiro atoms. The molecule has 6 rings (SSSR count). The summed E-state index contributed by atoms with van der Waals surface area (Å²) in [4.78, 5) is 32.9. The van der Waals surface area contributed by atoms with Crippen LogP contribution in [0.5, 0.6) is 23.0 Å². The molecule has 208 valence electrons. The second-order valence-corrected chi connectivity index (χ2v) is 11.0. The summed E-state index contributed by atoms with van der Waals surface area (Å²) < 4.78 is 24.4. The number of aromatic hydroxyl groups is 1. The molecule has 0 amide bonds. The van der Waals surface area contributed by atoms with Gasteiger partial charge in [-0.25, -0.2) is 9.79 Å². The molecule has 2 aliphatic heterocycles. The summed E-state index contributed by atoms with van der Waals surface area (Å²) >= 11 is 4.58. The zero-order valence-corrected chi connectivity index (χ0v) is 24.3. The fourth-order valence-electron chi connectivity index (χ4n) is 4.84. The number of phenolic OH excluding ortho intramolecular Hbond substituents is 1. The van der Waals surface area contributed by atoms with Crippen LogP contribution < -0.4 is 29.1 Å². The largest absolute Gasteiger partial charge is 0.504 e. The molecule has 3 heterocycles. The summed E-state index contributed by atoms with van der Waals surface area (Å²) in [5, 5.41) is 10.8. The first-order chi connectivity index (χ1) is 19.9. The maximum absolute atomic E-state index is 14.1. The lowest BCUT2D eigenvalue weighted by molar-refractivity contribution is -0.138. The summed E-state index contributed by atoms with van der Waals surface area (Å²) in [5.74, 6) is 0.655. The predicted octanol–water partition coefficient (Wildman–Crippen LogP) is 4.14. The van der Waals surface area contributed by atoms with Crippen LogP contribution in [0.4, 0.5) is 0 Å². The van der Waals surface area contributed by atoms with Crippen molar-refractivity contribution < 1.29 is 28.8 Å². The number of thiazole rings is 1. The number of nitrogens with zero attached hydrogens (tertiary/aromatic N) is 2. The Bertz CT molecular complexity index is 1900. The van der Waals surface area contributed by atoms with Gasteiger partial charge in [-0.05, 0) is 42.8 Å². The molecule has 11 heteroatoms. The van der Waals surface area contributed by atoms with Crippen molar-refractivity contribution in [3.8, 4) is 23.0 Å². The summed E-state index contributed by atoms with van der Waals surface area (Å²) in [7, 11) is 1.45. The number of halogens is 1. The molecule has 0 bridgehead atoms. The maximum Gasteiger partial charge on any atom is 0.338 e. The lowest BCUT2D eigenvalue weighted by Gasteiger charge is -2.26. The second-order valence-electron chi connectivity index (χ2n) is 9.09. The van der Waals surface area contributed by atoms with E-state index in [1.807, 2.05) is 30.3 Å². The highest BCUT2D eigenvalue weighted by Gasteiger charge is 2.36. The van der Waals surface area contributed by atoms with Crippen LogP contribution in [0.1, 0.15) is 29.7 Å². The number of methoxy groups -OCH3 is 1. The number of esters is 1. The first-order valence-corrected chi connectivity index (χ1v) is 14.2. The standard InChI is InChI=1S/C30H23BrN2O7S/c1-3-38-29(36)24-25(16-7-5-4-6-8-16)32-30-33(26(24)17-9-10-20-21(12-17)40-15-39-20)28(35)23(41-30)13-18-11-19(31)14-22(37-2)27(18)34/h4-14,26,34H,3,15H2,1-2H3. The topological polar surface area (TPSA) is 109 Å². The molecule has 0 saturated heterocycles. The number of rotatable bonds is 6. The van der Waals surface area contributed by atoms with Crippen molar-refractivity contribution in [2.45, 2.75) is 13.0 Å². The number of hydrogen-bond donors (Lipinski definition) is 1. The summed E-state index contributed by atoms with van der Waals surface area (Å²) in [6.07, 6.45) is 1.58. The average Bonchev–Trinajstić information content (AvgIpc) is 3.58. The Hall–Kier alpha value is -4.35. The SMILES string of the molecule is CCOC(=O)C1=C(c2ccccc2)N=c2sc(=Cc3cc(Br)cc(OC)c3O)c(=O)n2C1c1ccc2c(c1)OCO2. The first kappa shape index (κ1) is 26.9. The minimum Gasteiger partial charge on any atom is -0.504 e. The van der Waals surface area contributed by atoms with E-state index in [1.165, 1.54) is 11.7 Å². The zero-order valence-electron chi connectivity index (χ0n) is 21.9. The molecular formula is C30H23BrN2O7S. The third-order valence-electron chi connectivity index (χ3n) is 6.66. The Balaban J connectivity index is 1.65. The van der Waals surface area contributed by atoms with Gasteiger partial charge >= 0.3 is 5.97 Å². The van der Waals surface area contributed by atoms with Gasteiger partial charge < -0.3 is 24.1 Å². The van der Waals surface area contributed by atoms with E-state index in [2.05, 4.69) is 15.9 Å². The third kappa shape index (κ3) is 4.81. The van der Waals surface area contributed by atoms with Crippen LogP contribution in [0.2, 0.25) is 0 Å². The van der Waals surface area contributed by atoms with Crippen molar-refractivity contribution in [1.82, 2.24) is 4.57 Å². The molecule has 1 unspecified atom stereocenters. The highest BCUT2D eigenvalue weighted by atomic mass is 79.9. The van der Waals surface area contributed by atoms with E-state index in [9.17, 15) is 14.7 Å². The van der Waals surface area contributed by atoms with Gasteiger partial charge in [0.1, 0.15) is 0 Å². The minimum absolute atomic E-state index is 0.0803. The second kappa shape index (κ2) is 10.9. The van der Waals surface area contributed by atoms with E-state index in [1.54, 1.807) is 43.3 Å². The van der Waals surface area contributed by atoms with Gasteiger partial charge in [0, 0.05) is 15.6 Å². The fourth-order valence-corrected chi connectivity index (χ4v) is 6.29. The van der Waals surface area contributed by atoms with Crippen LogP contribution in [0, 0.1) is 0 Å². The molecule has 0 radical (unpaired) electrons. The Labute approximate surface area is 246 Å². The van der Waals surface area contributed by atoms with Gasteiger partial charge in [-0.15, -0.1) is 0 Å². The van der Waals surface area contributed by atoms with E-state index < -0.39 is 12.0 Å². The first-order valence-electron chi connectivity index (χ1n) is 12.6. The van der Waals surface area contributed by atoms with Crippen LogP contribution in [0.3, 0.4) is 0 Å². The van der Waals surface area contributed by atoms with Crippen LogP contribution >= 0.6 is 27.3 Å². The van der Waals surface area contributed by atoms with E-state index in [-0.39, 0.29) is 36.0 Å². The van der Waals surface area contributed by atoms with Crippen LogP contribution in [-0.4, -0.2) is 36.2 Å². The monoisotopic (exact) mass is 634 g/mol. The normalized spacial score (nSPS) is 15.9. The number of benzene rings is 3. The van der Waals surface area contributed by atoms with Crippen molar-refractivity contribution in [1.29, 1.82) is 0 Å². The van der Waals surface area contributed by atoms with Crippen molar-refractivity contribution >= 4 is 45.0 Å². The summed E-state index contributed by atoms with van der Waals surface area (Å²) in [6, 6.07) is 17.1. The molecular weight excluding hydrogens is 612 g/mol. The predicted molar refractivity (Wildman–Crippen MR) is 156 cm³/mol. The lowest BCUT2D eigenvalue weighted by atomic mass is 9.93. The van der Waals surface area contributed by atoms with Crippen LogP contribution in [0.15, 0.2) is 80.5 Å². The number of phenols is 1. The number of carbonyl (C=O) groups is 1. The Morgan fingerprint density at radius 1 is 1.17 bits per heavy atom. The molecule has 1 atom stereocenters. The highest BCUT2D eigenvalue weighted by molar-refractivity contribution is 9.10. The lowest BCUT2D eigenvalue weighted by Crippen LogP contribution is -2.40. The molecule has 0 saturated carbocycles. The van der Waals surface area contributed by atoms with Crippen molar-refractivity contribution in [2.24, 2.45) is 4.99 Å². The Morgan fingerprint density at radius 3 is 2.71 bits per heavy atom. The van der Waals surface area contributed by atoms with Crippen molar-refractivity contribution in [3.63, 3.8) is 0 Å². The van der Waals surface area contributed by atoms with Gasteiger partial charge in [-0.3, -0.25) is 9.36 Å². The van der Waals surface area contributed by atoms with E-state index >= 15 is 0 Å². The van der Waals surface area contributed by atoms with E-state index in [0.717, 1.165) is 11.3 Å². The Kier molecular flexibility index (Phi) is 7.14. The van der Waals surface area contributed by atoms with Gasteiger partial charge in [-0.1, -0.05) is 63.7 Å². The molecule has 1 aromatic heterocycles. The Morgan fingerprint density at radius 2 is 1.95 bits per heavy atom. The van der Waals surface area contributed by atoms with Gasteiger partial charge in [0.25, 0.3) is 5.56 Å². The number of fused-ring (bicyclic) bond motifs is 2. The van der Waals surface area contributed by atoms with Gasteiger partial charge in [0.05, 0.1) is 35.6 Å². The molecule has 9 nitrogen and oxygen atoms in total.